The Hall–Kier alpha value is -1.38. The van der Waals surface area contributed by atoms with Crippen LogP contribution >= 0.6 is 11.6 Å². The Kier molecular flexibility index (Phi) is 4.57. The molecule has 1 heterocycles. The summed E-state index contributed by atoms with van der Waals surface area (Å²) in [6, 6.07) is 11.2. The van der Waals surface area contributed by atoms with Gasteiger partial charge in [-0.2, -0.15) is 0 Å². The minimum absolute atomic E-state index is 0.707. The van der Waals surface area contributed by atoms with Crippen LogP contribution in [-0.4, -0.2) is 11.0 Å². The van der Waals surface area contributed by atoms with Crippen molar-refractivity contribution in [3.05, 3.63) is 63.9 Å². The molecule has 110 valence electrons. The molecular weight excluding hydrogens is 280 g/mol. The third-order valence-electron chi connectivity index (χ3n) is 3.99. The van der Waals surface area contributed by atoms with Crippen LogP contribution in [0.4, 0.5) is 0 Å². The van der Waals surface area contributed by atoms with Crippen LogP contribution in [0.5, 0.6) is 0 Å². The Bertz CT molecular complexity index is 603. The molecule has 0 saturated heterocycles. The predicted octanol–water partition coefficient (Wildman–Crippen LogP) is 4.14. The summed E-state index contributed by atoms with van der Waals surface area (Å²) < 4.78 is 0. The minimum Gasteiger partial charge on any atom is -0.310 e. The Labute approximate surface area is 131 Å². The van der Waals surface area contributed by atoms with Gasteiger partial charge in [0, 0.05) is 35.9 Å². The van der Waals surface area contributed by atoms with E-state index in [0.717, 1.165) is 30.1 Å². The minimum atomic E-state index is 0.707. The highest BCUT2D eigenvalue weighted by Gasteiger charge is 2.20. The smallest absolute Gasteiger partial charge is 0.0447 e. The molecule has 1 N–H and O–H groups in total. The number of nitrogens with one attached hydrogen (secondary N) is 1. The van der Waals surface area contributed by atoms with Crippen molar-refractivity contribution < 1.29 is 0 Å². The highest BCUT2D eigenvalue weighted by Crippen LogP contribution is 2.22. The lowest BCUT2D eigenvalue weighted by atomic mass is 10.0. The molecule has 0 aliphatic heterocycles. The molecule has 1 saturated carbocycles. The zero-order valence-corrected chi connectivity index (χ0v) is 13.2. The normalized spacial score (nSPS) is 14.4. The molecule has 0 unspecified atom stereocenters. The first kappa shape index (κ1) is 14.6. The van der Waals surface area contributed by atoms with E-state index in [1.807, 2.05) is 12.3 Å². The maximum absolute atomic E-state index is 6.15. The van der Waals surface area contributed by atoms with Crippen LogP contribution in [0.15, 0.2) is 36.5 Å². The summed E-state index contributed by atoms with van der Waals surface area (Å²) in [5.41, 5.74) is 4.99. The summed E-state index contributed by atoms with van der Waals surface area (Å²) in [5, 5.41) is 4.37. The standard InChI is InChI=1S/C18H21ClN2/c1-2-13-3-6-18(20-11-13)10-14-4-5-16(19)9-15(14)12-21-17-7-8-17/h3-6,9,11,17,21H,2,7-8,10,12H2,1H3. The van der Waals surface area contributed by atoms with E-state index in [9.17, 15) is 0 Å². The van der Waals surface area contributed by atoms with Gasteiger partial charge in [-0.05, 0) is 54.2 Å². The first-order valence-corrected chi connectivity index (χ1v) is 8.07. The highest BCUT2D eigenvalue weighted by molar-refractivity contribution is 6.30. The van der Waals surface area contributed by atoms with E-state index < -0.39 is 0 Å². The summed E-state index contributed by atoms with van der Waals surface area (Å²) in [5.74, 6) is 0. The van der Waals surface area contributed by atoms with E-state index in [1.165, 1.54) is 29.5 Å². The molecular formula is C18H21ClN2. The molecule has 1 aliphatic rings. The van der Waals surface area contributed by atoms with Crippen LogP contribution in [0.1, 0.15) is 42.1 Å². The molecule has 2 aromatic rings. The second-order valence-electron chi connectivity index (χ2n) is 5.76. The quantitative estimate of drug-likeness (QED) is 0.867. The zero-order valence-electron chi connectivity index (χ0n) is 12.4. The molecule has 0 amide bonds. The average Bonchev–Trinajstić information content (AvgIpc) is 3.32. The summed E-state index contributed by atoms with van der Waals surface area (Å²) >= 11 is 6.15. The van der Waals surface area contributed by atoms with Crippen LogP contribution in [0.3, 0.4) is 0 Å². The van der Waals surface area contributed by atoms with E-state index in [2.05, 4.69) is 41.5 Å². The molecule has 1 fully saturated rings. The predicted molar refractivity (Wildman–Crippen MR) is 87.7 cm³/mol. The first-order valence-electron chi connectivity index (χ1n) is 7.69. The monoisotopic (exact) mass is 300 g/mol. The van der Waals surface area contributed by atoms with Gasteiger partial charge < -0.3 is 5.32 Å². The van der Waals surface area contributed by atoms with E-state index in [-0.39, 0.29) is 0 Å². The van der Waals surface area contributed by atoms with Crippen molar-refractivity contribution >= 4 is 11.6 Å². The fourth-order valence-corrected chi connectivity index (χ4v) is 2.63. The number of pyridine rings is 1. The number of aromatic nitrogens is 1. The number of halogens is 1. The van der Waals surface area contributed by atoms with Gasteiger partial charge >= 0.3 is 0 Å². The molecule has 0 spiro atoms. The average molecular weight is 301 g/mol. The van der Waals surface area contributed by atoms with Crippen molar-refractivity contribution in [2.45, 2.75) is 45.2 Å². The van der Waals surface area contributed by atoms with Crippen LogP contribution < -0.4 is 5.32 Å². The fraction of sp³-hybridized carbons (Fsp3) is 0.389. The number of benzene rings is 1. The zero-order chi connectivity index (χ0) is 14.7. The lowest BCUT2D eigenvalue weighted by Gasteiger charge is -2.11. The lowest BCUT2D eigenvalue weighted by Crippen LogP contribution is -2.16. The van der Waals surface area contributed by atoms with Crippen molar-refractivity contribution in [3.8, 4) is 0 Å². The van der Waals surface area contributed by atoms with E-state index in [4.69, 9.17) is 11.6 Å². The summed E-state index contributed by atoms with van der Waals surface area (Å²) in [6.07, 6.45) is 6.48. The molecule has 1 aromatic heterocycles. The van der Waals surface area contributed by atoms with E-state index in [0.29, 0.717) is 6.04 Å². The lowest BCUT2D eigenvalue weighted by molar-refractivity contribution is 0.683. The van der Waals surface area contributed by atoms with Gasteiger partial charge in [-0.1, -0.05) is 30.7 Å². The Balaban J connectivity index is 1.75. The molecule has 3 rings (SSSR count). The summed E-state index contributed by atoms with van der Waals surface area (Å²) in [4.78, 5) is 4.56. The topological polar surface area (TPSA) is 24.9 Å². The third-order valence-corrected chi connectivity index (χ3v) is 4.23. The number of hydrogen-bond donors (Lipinski definition) is 1. The molecule has 0 radical (unpaired) electrons. The van der Waals surface area contributed by atoms with Crippen LogP contribution in [0.2, 0.25) is 5.02 Å². The maximum Gasteiger partial charge on any atom is 0.0447 e. The molecule has 2 nitrogen and oxygen atoms in total. The Morgan fingerprint density at radius 1 is 1.19 bits per heavy atom. The fourth-order valence-electron chi connectivity index (χ4n) is 2.44. The second kappa shape index (κ2) is 6.59. The van der Waals surface area contributed by atoms with Gasteiger partial charge in [-0.15, -0.1) is 0 Å². The molecule has 0 bridgehead atoms. The van der Waals surface area contributed by atoms with Crippen LogP contribution in [0, 0.1) is 0 Å². The van der Waals surface area contributed by atoms with Crippen molar-refractivity contribution in [2.24, 2.45) is 0 Å². The van der Waals surface area contributed by atoms with Gasteiger partial charge in [-0.3, -0.25) is 4.98 Å². The Morgan fingerprint density at radius 2 is 2.05 bits per heavy atom. The van der Waals surface area contributed by atoms with Crippen molar-refractivity contribution in [3.63, 3.8) is 0 Å². The first-order chi connectivity index (χ1) is 10.2. The van der Waals surface area contributed by atoms with Crippen LogP contribution in [0.25, 0.3) is 0 Å². The highest BCUT2D eigenvalue weighted by atomic mass is 35.5. The van der Waals surface area contributed by atoms with Gasteiger partial charge in [0.05, 0.1) is 0 Å². The van der Waals surface area contributed by atoms with Crippen molar-refractivity contribution in [1.29, 1.82) is 0 Å². The molecule has 3 heteroatoms. The molecule has 1 aromatic carbocycles. The number of nitrogens with zero attached hydrogens (tertiary/aromatic N) is 1. The summed E-state index contributed by atoms with van der Waals surface area (Å²) in [7, 11) is 0. The van der Waals surface area contributed by atoms with E-state index in [1.54, 1.807) is 0 Å². The van der Waals surface area contributed by atoms with Gasteiger partial charge in [-0.25, -0.2) is 0 Å². The van der Waals surface area contributed by atoms with E-state index >= 15 is 0 Å². The van der Waals surface area contributed by atoms with Crippen LogP contribution in [-0.2, 0) is 19.4 Å². The molecule has 0 atom stereocenters. The van der Waals surface area contributed by atoms with Crippen molar-refractivity contribution in [1.82, 2.24) is 10.3 Å². The molecule has 1 aliphatic carbocycles. The van der Waals surface area contributed by atoms with Crippen molar-refractivity contribution in [2.75, 3.05) is 0 Å². The maximum atomic E-state index is 6.15. The summed E-state index contributed by atoms with van der Waals surface area (Å²) in [6.45, 7) is 3.05. The van der Waals surface area contributed by atoms with Gasteiger partial charge in [0.15, 0.2) is 0 Å². The van der Waals surface area contributed by atoms with Gasteiger partial charge in [0.25, 0.3) is 0 Å². The molecule has 21 heavy (non-hydrogen) atoms. The SMILES string of the molecule is CCc1ccc(Cc2ccc(Cl)cc2CNC2CC2)nc1. The largest absolute Gasteiger partial charge is 0.310 e. The Morgan fingerprint density at radius 3 is 2.71 bits per heavy atom. The number of rotatable bonds is 6. The van der Waals surface area contributed by atoms with Gasteiger partial charge in [0.1, 0.15) is 0 Å². The second-order valence-corrected chi connectivity index (χ2v) is 6.19. The number of aryl methyl sites for hydroxylation is 1. The number of hydrogen-bond acceptors (Lipinski definition) is 2. The third kappa shape index (κ3) is 4.05. The van der Waals surface area contributed by atoms with Gasteiger partial charge in [0.2, 0.25) is 0 Å².